The van der Waals surface area contributed by atoms with Gasteiger partial charge < -0.3 is 9.80 Å². The first-order chi connectivity index (χ1) is 4.18. The third kappa shape index (κ3) is 1.95. The number of hydrogen-bond donors (Lipinski definition) is 1. The Morgan fingerprint density at radius 1 is 1.56 bits per heavy atom. The van der Waals surface area contributed by atoms with Gasteiger partial charge in [0, 0.05) is 6.54 Å². The molecule has 1 aliphatic heterocycles. The highest BCUT2D eigenvalue weighted by molar-refractivity contribution is 4.65. The zero-order valence-electron chi connectivity index (χ0n) is 6.35. The molecular formula is C7H16N2. The highest BCUT2D eigenvalue weighted by Crippen LogP contribution is 1.97. The van der Waals surface area contributed by atoms with Gasteiger partial charge in [-0.2, -0.15) is 7.05 Å². The second-order valence-electron chi connectivity index (χ2n) is 3.29. The minimum absolute atomic E-state index is 0.910. The van der Waals surface area contributed by atoms with Gasteiger partial charge in [-0.25, -0.2) is 0 Å². The fourth-order valence-electron chi connectivity index (χ4n) is 1.40. The number of nitrogens with zero attached hydrogens (tertiary/aromatic N) is 1. The van der Waals surface area contributed by atoms with Crippen molar-refractivity contribution in [2.45, 2.75) is 0 Å². The van der Waals surface area contributed by atoms with Crippen molar-refractivity contribution in [2.75, 3.05) is 33.7 Å². The summed E-state index contributed by atoms with van der Waals surface area (Å²) in [6.45, 7) is 3.76. The molecule has 0 aliphatic carbocycles. The van der Waals surface area contributed by atoms with Crippen LogP contribution in [0, 0.1) is 13.0 Å². The minimum Gasteiger partial charge on any atom is -0.467 e. The molecule has 0 unspecified atom stereocenters. The number of nitrogens with one attached hydrogen (secondary N) is 1. The first-order valence-corrected chi connectivity index (χ1v) is 3.50. The number of hydrogen-bond acceptors (Lipinski definition) is 1. The summed E-state index contributed by atoms with van der Waals surface area (Å²) in [5.74, 6) is 0.910. The van der Waals surface area contributed by atoms with E-state index < -0.39 is 0 Å². The normalized spacial score (nSPS) is 34.7. The summed E-state index contributed by atoms with van der Waals surface area (Å²) in [5.41, 5.74) is 0. The Labute approximate surface area is 57.4 Å². The largest absolute Gasteiger partial charge is 0.467 e. The maximum absolute atomic E-state index is 3.90. The van der Waals surface area contributed by atoms with Gasteiger partial charge in [0.15, 0.2) is 0 Å². The van der Waals surface area contributed by atoms with E-state index in [1.54, 1.807) is 0 Å². The summed E-state index contributed by atoms with van der Waals surface area (Å²) < 4.78 is 0. The van der Waals surface area contributed by atoms with Crippen LogP contribution in [-0.2, 0) is 0 Å². The predicted molar refractivity (Wildman–Crippen MR) is 38.1 cm³/mol. The summed E-state index contributed by atoms with van der Waals surface area (Å²) in [6.07, 6.45) is 0. The third-order valence-electron chi connectivity index (χ3n) is 1.78. The van der Waals surface area contributed by atoms with Crippen LogP contribution in [0.1, 0.15) is 0 Å². The van der Waals surface area contributed by atoms with Crippen LogP contribution in [0.2, 0.25) is 0 Å². The van der Waals surface area contributed by atoms with E-state index in [0.717, 1.165) is 5.92 Å². The van der Waals surface area contributed by atoms with E-state index in [0.29, 0.717) is 0 Å². The standard InChI is InChI=1S/C7H16N2/c1-8(2)4-7-5-9(3)6-7/h7,9H,3-6H2,1-2H3. The molecular weight excluding hydrogens is 112 g/mol. The lowest BCUT2D eigenvalue weighted by atomic mass is 10.0. The number of quaternary nitrogens is 1. The van der Waals surface area contributed by atoms with E-state index in [4.69, 9.17) is 0 Å². The van der Waals surface area contributed by atoms with Crippen molar-refractivity contribution in [3.8, 4) is 0 Å². The first-order valence-electron chi connectivity index (χ1n) is 3.50. The molecule has 0 bridgehead atoms. The summed E-state index contributed by atoms with van der Waals surface area (Å²) in [7, 11) is 8.15. The van der Waals surface area contributed by atoms with Crippen LogP contribution in [0.3, 0.4) is 0 Å². The van der Waals surface area contributed by atoms with Gasteiger partial charge in [-0.15, -0.1) is 0 Å². The number of rotatable bonds is 2. The van der Waals surface area contributed by atoms with Crippen molar-refractivity contribution < 1.29 is 4.90 Å². The molecule has 0 amide bonds. The van der Waals surface area contributed by atoms with Crippen LogP contribution in [0.4, 0.5) is 0 Å². The Kier molecular flexibility index (Phi) is 2.09. The average molecular weight is 128 g/mol. The molecule has 0 aromatic carbocycles. The van der Waals surface area contributed by atoms with Crippen LogP contribution in [0.5, 0.6) is 0 Å². The van der Waals surface area contributed by atoms with Crippen LogP contribution in [0.15, 0.2) is 0 Å². The smallest absolute Gasteiger partial charge is 0.0654 e. The first kappa shape index (κ1) is 7.03. The molecule has 1 fully saturated rings. The van der Waals surface area contributed by atoms with E-state index in [1.807, 2.05) is 0 Å². The SMILES string of the molecule is [CH2-][NH+]1CC(CN(C)C)C1. The van der Waals surface area contributed by atoms with Crippen molar-refractivity contribution >= 4 is 0 Å². The lowest BCUT2D eigenvalue weighted by Crippen LogP contribution is -3.16. The molecule has 1 saturated heterocycles. The van der Waals surface area contributed by atoms with E-state index in [2.05, 4.69) is 26.0 Å². The molecule has 0 saturated carbocycles. The average Bonchev–Trinajstić information content (AvgIpc) is 1.60. The molecule has 1 heterocycles. The Morgan fingerprint density at radius 3 is 2.44 bits per heavy atom. The third-order valence-corrected chi connectivity index (χ3v) is 1.78. The summed E-state index contributed by atoms with van der Waals surface area (Å²) in [5, 5.41) is 0. The molecule has 2 heteroatoms. The van der Waals surface area contributed by atoms with Crippen molar-refractivity contribution in [3.05, 3.63) is 7.05 Å². The molecule has 1 N–H and O–H groups in total. The Balaban J connectivity index is 2.04. The van der Waals surface area contributed by atoms with E-state index in [1.165, 1.54) is 24.5 Å². The van der Waals surface area contributed by atoms with Crippen molar-refractivity contribution in [1.82, 2.24) is 4.90 Å². The number of likely N-dealkylation sites (tertiary alicyclic amines) is 1. The molecule has 54 valence electrons. The highest BCUT2D eigenvalue weighted by Gasteiger charge is 2.24. The monoisotopic (exact) mass is 128 g/mol. The molecule has 0 aromatic heterocycles. The second kappa shape index (κ2) is 2.67. The molecule has 9 heavy (non-hydrogen) atoms. The quantitative estimate of drug-likeness (QED) is 0.462. The van der Waals surface area contributed by atoms with Gasteiger partial charge in [0.05, 0.1) is 19.0 Å². The Hall–Kier alpha value is -0.0800. The second-order valence-corrected chi connectivity index (χ2v) is 3.29. The fraction of sp³-hybridized carbons (Fsp3) is 0.857. The highest BCUT2D eigenvalue weighted by atomic mass is 15.2. The maximum atomic E-state index is 3.90. The Bertz CT molecular complexity index is 84.9. The van der Waals surface area contributed by atoms with Crippen molar-refractivity contribution in [2.24, 2.45) is 5.92 Å². The lowest BCUT2D eigenvalue weighted by Gasteiger charge is -2.39. The molecule has 2 nitrogen and oxygen atoms in total. The Morgan fingerprint density at radius 2 is 2.11 bits per heavy atom. The lowest BCUT2D eigenvalue weighted by molar-refractivity contribution is -0.907. The zero-order valence-corrected chi connectivity index (χ0v) is 6.35. The molecule has 1 rings (SSSR count). The summed E-state index contributed by atoms with van der Waals surface area (Å²) in [4.78, 5) is 3.68. The van der Waals surface area contributed by atoms with Crippen LogP contribution >= 0.6 is 0 Å². The predicted octanol–water partition coefficient (Wildman–Crippen LogP) is -1.15. The fourth-order valence-corrected chi connectivity index (χ4v) is 1.40. The van der Waals surface area contributed by atoms with Gasteiger partial charge in [-0.1, -0.05) is 0 Å². The summed E-state index contributed by atoms with van der Waals surface area (Å²) >= 11 is 0. The van der Waals surface area contributed by atoms with Crippen LogP contribution in [0.25, 0.3) is 0 Å². The van der Waals surface area contributed by atoms with Gasteiger partial charge in [0.2, 0.25) is 0 Å². The van der Waals surface area contributed by atoms with Gasteiger partial charge >= 0.3 is 0 Å². The van der Waals surface area contributed by atoms with Gasteiger partial charge in [0.1, 0.15) is 0 Å². The van der Waals surface area contributed by atoms with Gasteiger partial charge in [-0.3, -0.25) is 0 Å². The van der Waals surface area contributed by atoms with Crippen molar-refractivity contribution in [1.29, 1.82) is 0 Å². The molecule has 0 radical (unpaired) electrons. The van der Waals surface area contributed by atoms with E-state index >= 15 is 0 Å². The molecule has 0 aromatic rings. The minimum atomic E-state index is 0.910. The topological polar surface area (TPSA) is 7.68 Å². The zero-order chi connectivity index (χ0) is 6.85. The van der Waals surface area contributed by atoms with Gasteiger partial charge in [-0.05, 0) is 14.1 Å². The van der Waals surface area contributed by atoms with Crippen LogP contribution < -0.4 is 4.90 Å². The summed E-state index contributed by atoms with van der Waals surface area (Å²) in [6, 6.07) is 0. The van der Waals surface area contributed by atoms with E-state index in [-0.39, 0.29) is 0 Å². The van der Waals surface area contributed by atoms with E-state index in [9.17, 15) is 0 Å². The van der Waals surface area contributed by atoms with Gasteiger partial charge in [0.25, 0.3) is 0 Å². The molecule has 1 aliphatic rings. The molecule has 0 atom stereocenters. The van der Waals surface area contributed by atoms with Crippen molar-refractivity contribution in [3.63, 3.8) is 0 Å². The molecule has 0 spiro atoms. The van der Waals surface area contributed by atoms with Crippen LogP contribution in [-0.4, -0.2) is 38.6 Å². The maximum Gasteiger partial charge on any atom is 0.0654 e.